The van der Waals surface area contributed by atoms with Crippen molar-refractivity contribution in [2.45, 2.75) is 63.1 Å². The standard InChI is InChI=1S/C14H22N2O2S2/c1-9-8-19-13(7-15-12-5-6-12)14(9)20(17,18)16-10(2)11-3-4-11/h8,10-12,15-16H,3-7H2,1-2H3. The molecule has 112 valence electrons. The number of hydrogen-bond donors (Lipinski definition) is 2. The van der Waals surface area contributed by atoms with E-state index in [0.717, 1.165) is 23.3 Å². The Morgan fingerprint density at radius 1 is 1.35 bits per heavy atom. The van der Waals surface area contributed by atoms with Crippen LogP contribution in [0.3, 0.4) is 0 Å². The second-order valence-corrected chi connectivity index (χ2v) is 8.69. The van der Waals surface area contributed by atoms with Crippen LogP contribution in [0.15, 0.2) is 10.3 Å². The lowest BCUT2D eigenvalue weighted by Crippen LogP contribution is -2.34. The van der Waals surface area contributed by atoms with Crippen LogP contribution in [-0.2, 0) is 16.6 Å². The summed E-state index contributed by atoms with van der Waals surface area (Å²) in [5, 5.41) is 5.35. The summed E-state index contributed by atoms with van der Waals surface area (Å²) in [7, 11) is -3.39. The molecule has 0 aromatic carbocycles. The summed E-state index contributed by atoms with van der Waals surface area (Å²) in [6.07, 6.45) is 4.71. The van der Waals surface area contributed by atoms with Crippen LogP contribution in [0.5, 0.6) is 0 Å². The van der Waals surface area contributed by atoms with Gasteiger partial charge in [-0.15, -0.1) is 11.3 Å². The number of sulfonamides is 1. The Labute approximate surface area is 125 Å². The van der Waals surface area contributed by atoms with Gasteiger partial charge in [0.05, 0.1) is 0 Å². The van der Waals surface area contributed by atoms with Crippen LogP contribution in [0.25, 0.3) is 0 Å². The van der Waals surface area contributed by atoms with Crippen molar-refractivity contribution in [2.75, 3.05) is 0 Å². The lowest BCUT2D eigenvalue weighted by Gasteiger charge is -2.14. The minimum atomic E-state index is -3.39. The molecule has 1 unspecified atom stereocenters. The van der Waals surface area contributed by atoms with Crippen molar-refractivity contribution in [3.63, 3.8) is 0 Å². The Balaban J connectivity index is 1.77. The number of rotatable bonds is 7. The molecule has 1 aromatic heterocycles. The molecule has 0 bridgehead atoms. The van der Waals surface area contributed by atoms with Crippen LogP contribution in [0.1, 0.15) is 43.0 Å². The maximum Gasteiger partial charge on any atom is 0.242 e. The molecular formula is C14H22N2O2S2. The first-order valence-corrected chi connectivity index (χ1v) is 9.66. The van der Waals surface area contributed by atoms with Crippen LogP contribution in [0.2, 0.25) is 0 Å². The molecule has 3 rings (SSSR count). The van der Waals surface area contributed by atoms with Gasteiger partial charge in [0.2, 0.25) is 10.0 Å². The molecule has 0 radical (unpaired) electrons. The highest BCUT2D eigenvalue weighted by molar-refractivity contribution is 7.89. The van der Waals surface area contributed by atoms with E-state index in [1.54, 1.807) is 11.3 Å². The highest BCUT2D eigenvalue weighted by atomic mass is 32.2. The highest BCUT2D eigenvalue weighted by Gasteiger charge is 2.33. The zero-order valence-corrected chi connectivity index (χ0v) is 13.6. The molecule has 2 aliphatic carbocycles. The maximum atomic E-state index is 12.6. The first kappa shape index (κ1) is 14.5. The van der Waals surface area contributed by atoms with Crippen molar-refractivity contribution in [1.82, 2.24) is 10.0 Å². The molecule has 0 amide bonds. The minimum absolute atomic E-state index is 0.0449. The summed E-state index contributed by atoms with van der Waals surface area (Å²) in [4.78, 5) is 1.44. The van der Waals surface area contributed by atoms with Crippen LogP contribution in [0.4, 0.5) is 0 Å². The van der Waals surface area contributed by atoms with Gasteiger partial charge in [0.1, 0.15) is 4.90 Å². The van der Waals surface area contributed by atoms with Crippen molar-refractivity contribution in [2.24, 2.45) is 5.92 Å². The smallest absolute Gasteiger partial charge is 0.242 e. The average molecular weight is 314 g/mol. The largest absolute Gasteiger partial charge is 0.309 e. The van der Waals surface area contributed by atoms with Gasteiger partial charge < -0.3 is 5.32 Å². The molecule has 6 heteroatoms. The Morgan fingerprint density at radius 2 is 2.05 bits per heavy atom. The molecule has 4 nitrogen and oxygen atoms in total. The van der Waals surface area contributed by atoms with E-state index in [0.29, 0.717) is 23.4 Å². The number of nitrogens with one attached hydrogen (secondary N) is 2. The van der Waals surface area contributed by atoms with E-state index in [2.05, 4.69) is 10.0 Å². The second kappa shape index (κ2) is 5.40. The summed E-state index contributed by atoms with van der Waals surface area (Å²) < 4.78 is 28.1. The molecule has 20 heavy (non-hydrogen) atoms. The van der Waals surface area contributed by atoms with E-state index < -0.39 is 10.0 Å². The van der Waals surface area contributed by atoms with E-state index in [1.165, 1.54) is 12.8 Å². The van der Waals surface area contributed by atoms with Crippen molar-refractivity contribution >= 4 is 21.4 Å². The van der Waals surface area contributed by atoms with E-state index in [-0.39, 0.29) is 6.04 Å². The third kappa shape index (κ3) is 3.24. The molecule has 0 spiro atoms. The summed E-state index contributed by atoms with van der Waals surface area (Å²) in [5.74, 6) is 0.525. The van der Waals surface area contributed by atoms with E-state index in [4.69, 9.17) is 0 Å². The molecule has 1 heterocycles. The Morgan fingerprint density at radius 3 is 2.65 bits per heavy atom. The fraction of sp³-hybridized carbons (Fsp3) is 0.714. The lowest BCUT2D eigenvalue weighted by atomic mass is 10.2. The molecular weight excluding hydrogens is 292 g/mol. The average Bonchev–Trinajstić information content (AvgIpc) is 3.24. The van der Waals surface area contributed by atoms with Crippen molar-refractivity contribution in [1.29, 1.82) is 0 Å². The van der Waals surface area contributed by atoms with Gasteiger partial charge in [0.15, 0.2) is 0 Å². The molecule has 2 N–H and O–H groups in total. The predicted octanol–water partition coefficient (Wildman–Crippen LogP) is 2.39. The van der Waals surface area contributed by atoms with Gasteiger partial charge in [-0.25, -0.2) is 13.1 Å². The van der Waals surface area contributed by atoms with Crippen LogP contribution >= 0.6 is 11.3 Å². The highest BCUT2D eigenvalue weighted by Crippen LogP contribution is 2.34. The quantitative estimate of drug-likeness (QED) is 0.812. The SMILES string of the molecule is Cc1csc(CNC2CC2)c1S(=O)(=O)NC(C)C1CC1. The molecule has 0 saturated heterocycles. The predicted molar refractivity (Wildman–Crippen MR) is 81.4 cm³/mol. The van der Waals surface area contributed by atoms with Gasteiger partial charge in [-0.2, -0.15) is 0 Å². The Hall–Kier alpha value is -0.430. The van der Waals surface area contributed by atoms with Crippen LogP contribution < -0.4 is 10.0 Å². The third-order valence-corrected chi connectivity index (χ3v) is 7.08. The summed E-state index contributed by atoms with van der Waals surface area (Å²) in [6, 6.07) is 0.634. The molecule has 1 aromatic rings. The number of thiophene rings is 1. The van der Waals surface area contributed by atoms with Gasteiger partial charge >= 0.3 is 0 Å². The minimum Gasteiger partial charge on any atom is -0.309 e. The van der Waals surface area contributed by atoms with Crippen molar-refractivity contribution < 1.29 is 8.42 Å². The summed E-state index contributed by atoms with van der Waals surface area (Å²) >= 11 is 1.54. The fourth-order valence-electron chi connectivity index (χ4n) is 2.49. The van der Waals surface area contributed by atoms with Crippen LogP contribution in [-0.4, -0.2) is 20.5 Å². The van der Waals surface area contributed by atoms with Crippen molar-refractivity contribution in [3.8, 4) is 0 Å². The van der Waals surface area contributed by atoms with Gasteiger partial charge in [0, 0.05) is 23.5 Å². The van der Waals surface area contributed by atoms with Gasteiger partial charge in [-0.3, -0.25) is 0 Å². The lowest BCUT2D eigenvalue weighted by molar-refractivity contribution is 0.536. The number of aryl methyl sites for hydroxylation is 1. The number of hydrogen-bond acceptors (Lipinski definition) is 4. The van der Waals surface area contributed by atoms with Crippen LogP contribution in [0, 0.1) is 12.8 Å². The fourth-order valence-corrected chi connectivity index (χ4v) is 5.56. The van der Waals surface area contributed by atoms with Gasteiger partial charge in [-0.05, 0) is 56.4 Å². The molecule has 2 aliphatic rings. The topological polar surface area (TPSA) is 58.2 Å². The summed E-state index contributed by atoms with van der Waals surface area (Å²) in [6.45, 7) is 4.52. The summed E-state index contributed by atoms with van der Waals surface area (Å²) in [5.41, 5.74) is 0.859. The zero-order chi connectivity index (χ0) is 14.3. The maximum absolute atomic E-state index is 12.6. The normalized spacial score (nSPS) is 21.1. The molecule has 0 aliphatic heterocycles. The van der Waals surface area contributed by atoms with Gasteiger partial charge in [-0.1, -0.05) is 0 Å². The molecule has 2 saturated carbocycles. The Kier molecular flexibility index (Phi) is 3.92. The Bertz CT molecular complexity index is 586. The zero-order valence-electron chi connectivity index (χ0n) is 12.0. The van der Waals surface area contributed by atoms with E-state index >= 15 is 0 Å². The van der Waals surface area contributed by atoms with Crippen molar-refractivity contribution in [3.05, 3.63) is 15.8 Å². The first-order chi connectivity index (χ1) is 9.47. The van der Waals surface area contributed by atoms with E-state index in [1.807, 2.05) is 19.2 Å². The third-order valence-electron chi connectivity index (χ3n) is 4.06. The molecule has 1 atom stereocenters. The monoisotopic (exact) mass is 314 g/mol. The van der Waals surface area contributed by atoms with E-state index in [9.17, 15) is 8.42 Å². The first-order valence-electron chi connectivity index (χ1n) is 7.30. The second-order valence-electron chi connectivity index (χ2n) is 6.07. The van der Waals surface area contributed by atoms with Gasteiger partial charge in [0.25, 0.3) is 0 Å². The molecule has 2 fully saturated rings.